The van der Waals surface area contributed by atoms with Gasteiger partial charge in [-0.1, -0.05) is 36.4 Å². The van der Waals surface area contributed by atoms with Gasteiger partial charge in [0.15, 0.2) is 0 Å². The predicted molar refractivity (Wildman–Crippen MR) is 120 cm³/mol. The van der Waals surface area contributed by atoms with Crippen molar-refractivity contribution in [3.05, 3.63) is 59.2 Å². The number of hydrogen-bond donors (Lipinski definition) is 4. The van der Waals surface area contributed by atoms with Gasteiger partial charge in [0.2, 0.25) is 11.8 Å². The van der Waals surface area contributed by atoms with E-state index in [0.29, 0.717) is 5.56 Å². The van der Waals surface area contributed by atoms with E-state index in [9.17, 15) is 24.8 Å². The number of nitrogens with two attached hydrogens (primary N) is 1. The Bertz CT molecular complexity index is 1090. The third-order valence-electron chi connectivity index (χ3n) is 5.86. The minimum atomic E-state index is -1.37. The first kappa shape index (κ1) is 23.8. The summed E-state index contributed by atoms with van der Waals surface area (Å²) in [6, 6.07) is 14.2. The molecule has 33 heavy (non-hydrogen) atoms. The van der Waals surface area contributed by atoms with Crippen molar-refractivity contribution in [3.63, 3.8) is 0 Å². The fourth-order valence-electron chi connectivity index (χ4n) is 3.84. The first-order valence-electron chi connectivity index (χ1n) is 10.5. The van der Waals surface area contributed by atoms with Gasteiger partial charge in [-0.15, -0.1) is 0 Å². The van der Waals surface area contributed by atoms with Crippen molar-refractivity contribution < 1.29 is 24.2 Å². The van der Waals surface area contributed by atoms with Crippen LogP contribution in [-0.2, 0) is 20.7 Å². The molecule has 5 N–H and O–H groups in total. The highest BCUT2D eigenvalue weighted by molar-refractivity contribution is 5.93. The molecule has 0 bridgehead atoms. The molecule has 2 aromatic carbocycles. The Morgan fingerprint density at radius 1 is 1.15 bits per heavy atom. The number of carbonyl (C=O) groups excluding carboxylic acids is 2. The van der Waals surface area contributed by atoms with Crippen LogP contribution in [0.15, 0.2) is 42.5 Å². The molecular weight excluding hydrogens is 424 g/mol. The number of rotatable bonds is 7. The molecule has 0 spiro atoms. The molecule has 2 aromatic rings. The number of nitriles is 1. The summed E-state index contributed by atoms with van der Waals surface area (Å²) in [6.45, 7) is 2.33. The van der Waals surface area contributed by atoms with E-state index >= 15 is 0 Å². The van der Waals surface area contributed by atoms with Crippen molar-refractivity contribution in [3.8, 4) is 17.2 Å². The van der Waals surface area contributed by atoms with Crippen molar-refractivity contribution in [1.29, 1.82) is 5.26 Å². The molecule has 3 rings (SSSR count). The molecule has 1 fully saturated rings. The average molecular weight is 450 g/mol. The Morgan fingerprint density at radius 3 is 2.36 bits per heavy atom. The van der Waals surface area contributed by atoms with Crippen molar-refractivity contribution in [2.24, 2.45) is 5.73 Å². The maximum absolute atomic E-state index is 13.0. The Labute approximate surface area is 191 Å². The van der Waals surface area contributed by atoms with Gasteiger partial charge in [0.05, 0.1) is 11.6 Å². The molecule has 3 amide bonds. The molecule has 172 valence electrons. The van der Waals surface area contributed by atoms with Crippen LogP contribution in [0, 0.1) is 18.3 Å². The normalized spacial score (nSPS) is 15.6. The first-order chi connectivity index (χ1) is 15.7. The summed E-state index contributed by atoms with van der Waals surface area (Å²) in [5.74, 6) is -1.32. The van der Waals surface area contributed by atoms with Gasteiger partial charge in [0.1, 0.15) is 11.6 Å². The third kappa shape index (κ3) is 5.67. The monoisotopic (exact) mass is 450 g/mol. The highest BCUT2D eigenvalue weighted by Gasteiger charge is 2.42. The van der Waals surface area contributed by atoms with Gasteiger partial charge in [-0.2, -0.15) is 5.26 Å². The van der Waals surface area contributed by atoms with Crippen LogP contribution in [0.25, 0.3) is 11.1 Å². The highest BCUT2D eigenvalue weighted by Crippen LogP contribution is 2.24. The maximum atomic E-state index is 13.0. The third-order valence-corrected chi connectivity index (χ3v) is 5.86. The van der Waals surface area contributed by atoms with E-state index in [-0.39, 0.29) is 32.5 Å². The van der Waals surface area contributed by atoms with Crippen LogP contribution in [0.2, 0.25) is 0 Å². The number of aryl methyl sites for hydroxylation is 1. The van der Waals surface area contributed by atoms with Crippen LogP contribution in [0.1, 0.15) is 29.5 Å². The fourth-order valence-corrected chi connectivity index (χ4v) is 3.84. The number of ether oxygens (including phenoxy) is 1. The van der Waals surface area contributed by atoms with Crippen LogP contribution in [0.3, 0.4) is 0 Å². The molecule has 0 saturated carbocycles. The van der Waals surface area contributed by atoms with Gasteiger partial charge < -0.3 is 26.2 Å². The number of benzene rings is 2. The van der Waals surface area contributed by atoms with E-state index in [2.05, 4.69) is 16.7 Å². The maximum Gasteiger partial charge on any atom is 0.405 e. The lowest BCUT2D eigenvalue weighted by Gasteiger charge is -2.36. The van der Waals surface area contributed by atoms with Gasteiger partial charge in [0.25, 0.3) is 0 Å². The second kappa shape index (κ2) is 10.1. The summed E-state index contributed by atoms with van der Waals surface area (Å²) in [6.07, 6.45) is -0.855. The Morgan fingerprint density at radius 2 is 1.79 bits per heavy atom. The van der Waals surface area contributed by atoms with Crippen LogP contribution in [-0.4, -0.2) is 47.8 Å². The second-order valence-electron chi connectivity index (χ2n) is 8.10. The minimum absolute atomic E-state index is 0.151. The van der Waals surface area contributed by atoms with Crippen molar-refractivity contribution >= 4 is 17.9 Å². The zero-order valence-electron chi connectivity index (χ0n) is 18.3. The Balaban J connectivity index is 1.74. The molecule has 0 radical (unpaired) electrons. The molecule has 1 atom stereocenters. The number of carboxylic acid groups (broad SMARTS) is 1. The largest absolute Gasteiger partial charge is 0.465 e. The molecule has 1 unspecified atom stereocenters. The summed E-state index contributed by atoms with van der Waals surface area (Å²) >= 11 is 0. The Hall–Kier alpha value is -3.90. The molecule has 1 aliphatic heterocycles. The van der Waals surface area contributed by atoms with Crippen molar-refractivity contribution in [2.45, 2.75) is 37.8 Å². The molecule has 1 saturated heterocycles. The van der Waals surface area contributed by atoms with Crippen molar-refractivity contribution in [1.82, 2.24) is 10.6 Å². The van der Waals surface area contributed by atoms with Gasteiger partial charge in [-0.25, -0.2) is 4.79 Å². The molecule has 9 heteroatoms. The van der Waals surface area contributed by atoms with Crippen molar-refractivity contribution in [2.75, 3.05) is 13.2 Å². The van der Waals surface area contributed by atoms with Crippen LogP contribution >= 0.6 is 0 Å². The summed E-state index contributed by atoms with van der Waals surface area (Å²) in [5.41, 5.74) is 8.23. The molecule has 0 aromatic heterocycles. The second-order valence-corrected chi connectivity index (χ2v) is 8.10. The summed E-state index contributed by atoms with van der Waals surface area (Å²) < 4.78 is 5.25. The minimum Gasteiger partial charge on any atom is -0.465 e. The van der Waals surface area contributed by atoms with Crippen LogP contribution in [0.4, 0.5) is 4.79 Å². The number of hydrogen-bond acceptors (Lipinski definition) is 5. The lowest BCUT2D eigenvalue weighted by Crippen LogP contribution is -2.63. The summed E-state index contributed by atoms with van der Waals surface area (Å²) in [7, 11) is 0. The smallest absolute Gasteiger partial charge is 0.405 e. The van der Waals surface area contributed by atoms with E-state index in [1.54, 1.807) is 0 Å². The zero-order valence-corrected chi connectivity index (χ0v) is 18.3. The van der Waals surface area contributed by atoms with Gasteiger partial charge in [-0.05, 0) is 35.2 Å². The molecular formula is C24H26N4O5. The standard InChI is InChI=1S/C24H26N4O5/c1-15-2-5-18(13-19(15)14-25)17-6-3-16(4-7-17)12-20(21(26)29)27-22(30)24(28-23(31)32)8-10-33-11-9-24/h2-7,13,20,28H,8-12H2,1H3,(H2,26,29)(H,27,30)(H,31,32). The van der Waals surface area contributed by atoms with E-state index in [4.69, 9.17) is 10.5 Å². The first-order valence-corrected chi connectivity index (χ1v) is 10.5. The Kier molecular flexibility index (Phi) is 7.30. The van der Waals surface area contributed by atoms with Gasteiger partial charge in [-0.3, -0.25) is 9.59 Å². The fraction of sp³-hybridized carbons (Fsp3) is 0.333. The number of amides is 3. The predicted octanol–water partition coefficient (Wildman–Crippen LogP) is 1.86. The number of nitrogens with zero attached hydrogens (tertiary/aromatic N) is 1. The highest BCUT2D eigenvalue weighted by atomic mass is 16.5. The van der Waals surface area contributed by atoms with E-state index in [0.717, 1.165) is 22.3 Å². The number of primary amides is 1. The lowest BCUT2D eigenvalue weighted by molar-refractivity contribution is -0.134. The number of carbonyl (C=O) groups is 3. The lowest BCUT2D eigenvalue weighted by atomic mass is 9.88. The van der Waals surface area contributed by atoms with E-state index in [1.165, 1.54) is 0 Å². The summed E-state index contributed by atoms with van der Waals surface area (Å²) in [5, 5.41) is 23.3. The number of nitrogens with one attached hydrogen (secondary N) is 2. The zero-order chi connectivity index (χ0) is 24.0. The quantitative estimate of drug-likeness (QED) is 0.505. The van der Waals surface area contributed by atoms with Gasteiger partial charge in [0, 0.05) is 32.5 Å². The van der Waals surface area contributed by atoms with E-state index in [1.807, 2.05) is 49.4 Å². The molecule has 1 heterocycles. The SMILES string of the molecule is Cc1ccc(-c2ccc(CC(NC(=O)C3(NC(=O)O)CCOCC3)C(N)=O)cc2)cc1C#N. The van der Waals surface area contributed by atoms with Gasteiger partial charge >= 0.3 is 6.09 Å². The topological polar surface area (TPSA) is 155 Å². The molecule has 1 aliphatic rings. The molecule has 0 aliphatic carbocycles. The average Bonchev–Trinajstić information content (AvgIpc) is 2.79. The van der Waals surface area contributed by atoms with E-state index < -0.39 is 29.5 Å². The van der Waals surface area contributed by atoms with Crippen LogP contribution < -0.4 is 16.4 Å². The van der Waals surface area contributed by atoms with Crippen LogP contribution in [0.5, 0.6) is 0 Å². The summed E-state index contributed by atoms with van der Waals surface area (Å²) in [4.78, 5) is 36.3. The molecule has 9 nitrogen and oxygen atoms in total.